The number of phenolic OH excluding ortho intramolecular Hbond substituents is 1. The Bertz CT molecular complexity index is 983. The predicted octanol–water partition coefficient (Wildman–Crippen LogP) is 3.12. The highest BCUT2D eigenvalue weighted by Gasteiger charge is 2.13. The third-order valence-electron chi connectivity index (χ3n) is 3.47. The Morgan fingerprint density at radius 2 is 1.61 bits per heavy atom. The van der Waals surface area contributed by atoms with Crippen LogP contribution in [0, 0.1) is 0 Å². The van der Waals surface area contributed by atoms with E-state index in [1.807, 2.05) is 0 Å². The van der Waals surface area contributed by atoms with Gasteiger partial charge in [0.1, 0.15) is 5.75 Å². The Morgan fingerprint density at radius 3 is 2.26 bits per heavy atom. The minimum atomic E-state index is -4.30. The fourth-order valence-corrected chi connectivity index (χ4v) is 2.83. The van der Waals surface area contributed by atoms with Gasteiger partial charge in [-0.15, -0.1) is 0 Å². The summed E-state index contributed by atoms with van der Waals surface area (Å²) in [5.41, 5.74) is 7.77. The molecule has 0 saturated carbocycles. The van der Waals surface area contributed by atoms with E-state index in [9.17, 15) is 18.1 Å². The van der Waals surface area contributed by atoms with Crippen LogP contribution in [0.1, 0.15) is 0 Å². The van der Waals surface area contributed by atoms with Crippen LogP contribution in [0.5, 0.6) is 5.75 Å². The molecule has 3 aromatic rings. The van der Waals surface area contributed by atoms with Gasteiger partial charge in [-0.3, -0.25) is 4.55 Å². The second-order valence-corrected chi connectivity index (χ2v) is 6.48. The maximum Gasteiger partial charge on any atom is 0.294 e. The molecular formula is C16H14N2O4S. The SMILES string of the molecule is Nc1ccc(Nc2ccc(O)cc2)c2cc(S(=O)(=O)O)ccc12. The van der Waals surface area contributed by atoms with Crippen molar-refractivity contribution in [1.29, 1.82) is 0 Å². The quantitative estimate of drug-likeness (QED) is 0.333. The van der Waals surface area contributed by atoms with Gasteiger partial charge in [-0.1, -0.05) is 6.07 Å². The first-order valence-electron chi connectivity index (χ1n) is 6.70. The van der Waals surface area contributed by atoms with Crippen molar-refractivity contribution in [3.05, 3.63) is 54.6 Å². The summed E-state index contributed by atoms with van der Waals surface area (Å²) in [6.45, 7) is 0. The second-order valence-electron chi connectivity index (χ2n) is 5.06. The molecule has 0 aromatic heterocycles. The van der Waals surface area contributed by atoms with Crippen LogP contribution < -0.4 is 11.1 Å². The van der Waals surface area contributed by atoms with Crippen molar-refractivity contribution < 1.29 is 18.1 Å². The Morgan fingerprint density at radius 1 is 0.913 bits per heavy atom. The normalized spacial score (nSPS) is 11.5. The zero-order chi connectivity index (χ0) is 16.6. The molecule has 0 heterocycles. The Labute approximate surface area is 132 Å². The molecule has 7 heteroatoms. The molecule has 0 saturated heterocycles. The summed E-state index contributed by atoms with van der Waals surface area (Å²) in [6.07, 6.45) is 0. The van der Waals surface area contributed by atoms with E-state index >= 15 is 0 Å². The molecule has 5 N–H and O–H groups in total. The van der Waals surface area contributed by atoms with Crippen molar-refractivity contribution in [2.75, 3.05) is 11.1 Å². The molecule has 0 spiro atoms. The third kappa shape index (κ3) is 3.05. The molecule has 0 aliphatic rings. The van der Waals surface area contributed by atoms with Crippen molar-refractivity contribution in [3.8, 4) is 5.75 Å². The summed E-state index contributed by atoms with van der Waals surface area (Å²) in [6, 6.07) is 14.1. The smallest absolute Gasteiger partial charge is 0.294 e. The molecule has 118 valence electrons. The van der Waals surface area contributed by atoms with Gasteiger partial charge in [0.05, 0.1) is 4.90 Å². The number of hydrogen-bond donors (Lipinski definition) is 4. The van der Waals surface area contributed by atoms with Crippen LogP contribution in [0.15, 0.2) is 59.5 Å². The molecular weight excluding hydrogens is 316 g/mol. The average Bonchev–Trinajstić information content (AvgIpc) is 2.51. The Hall–Kier alpha value is -2.77. The van der Waals surface area contributed by atoms with Crippen LogP contribution in [-0.2, 0) is 10.1 Å². The monoisotopic (exact) mass is 330 g/mol. The van der Waals surface area contributed by atoms with E-state index in [1.54, 1.807) is 30.3 Å². The van der Waals surface area contributed by atoms with Crippen LogP contribution in [0.25, 0.3) is 10.8 Å². The van der Waals surface area contributed by atoms with E-state index in [1.165, 1.54) is 24.3 Å². The molecule has 0 unspecified atom stereocenters. The summed E-state index contributed by atoms with van der Waals surface area (Å²) >= 11 is 0. The molecule has 0 bridgehead atoms. The number of aromatic hydroxyl groups is 1. The maximum atomic E-state index is 11.3. The van der Waals surface area contributed by atoms with Gasteiger partial charge in [0.25, 0.3) is 10.1 Å². The molecule has 6 nitrogen and oxygen atoms in total. The first-order valence-corrected chi connectivity index (χ1v) is 8.14. The molecule has 23 heavy (non-hydrogen) atoms. The number of anilines is 3. The highest BCUT2D eigenvalue weighted by molar-refractivity contribution is 7.85. The lowest BCUT2D eigenvalue weighted by atomic mass is 10.1. The number of nitrogen functional groups attached to an aromatic ring is 1. The van der Waals surface area contributed by atoms with Gasteiger partial charge in [0, 0.05) is 27.8 Å². The van der Waals surface area contributed by atoms with Gasteiger partial charge in [-0.25, -0.2) is 0 Å². The summed E-state index contributed by atoms with van der Waals surface area (Å²) in [4.78, 5) is -0.204. The van der Waals surface area contributed by atoms with Gasteiger partial charge in [-0.05, 0) is 48.5 Å². The minimum absolute atomic E-state index is 0.145. The minimum Gasteiger partial charge on any atom is -0.508 e. The lowest BCUT2D eigenvalue weighted by molar-refractivity contribution is 0.475. The first kappa shape index (κ1) is 15.1. The van der Waals surface area contributed by atoms with Crippen LogP contribution in [0.3, 0.4) is 0 Å². The van der Waals surface area contributed by atoms with E-state index in [0.29, 0.717) is 27.8 Å². The standard InChI is InChI=1S/C16H14N2O4S/c17-15-7-8-16(18-10-1-3-11(19)4-2-10)14-9-12(23(20,21)22)5-6-13(14)15/h1-9,18-19H,17H2,(H,20,21,22). The summed E-state index contributed by atoms with van der Waals surface area (Å²) in [5.74, 6) is 0.145. The maximum absolute atomic E-state index is 11.3. The second kappa shape index (κ2) is 5.45. The Balaban J connectivity index is 2.15. The van der Waals surface area contributed by atoms with Crippen LogP contribution >= 0.6 is 0 Å². The number of rotatable bonds is 3. The molecule has 0 fully saturated rings. The number of benzene rings is 3. The molecule has 0 radical (unpaired) electrons. The van der Waals surface area contributed by atoms with E-state index in [2.05, 4.69) is 5.32 Å². The number of nitrogens with two attached hydrogens (primary N) is 1. The van der Waals surface area contributed by atoms with Crippen molar-refractivity contribution in [2.24, 2.45) is 0 Å². The number of fused-ring (bicyclic) bond motifs is 1. The van der Waals surface area contributed by atoms with Crippen molar-refractivity contribution in [1.82, 2.24) is 0 Å². The average molecular weight is 330 g/mol. The fraction of sp³-hybridized carbons (Fsp3) is 0. The summed E-state index contributed by atoms with van der Waals surface area (Å²) in [5, 5.41) is 13.7. The molecule has 0 atom stereocenters. The highest BCUT2D eigenvalue weighted by Crippen LogP contribution is 2.32. The molecule has 0 aliphatic carbocycles. The van der Waals surface area contributed by atoms with Gasteiger partial charge in [0.15, 0.2) is 0 Å². The lowest BCUT2D eigenvalue weighted by Gasteiger charge is -2.12. The van der Waals surface area contributed by atoms with Crippen molar-refractivity contribution in [2.45, 2.75) is 4.90 Å². The van der Waals surface area contributed by atoms with Crippen LogP contribution in [-0.4, -0.2) is 18.1 Å². The third-order valence-corrected chi connectivity index (χ3v) is 4.32. The van der Waals surface area contributed by atoms with Crippen LogP contribution in [0.4, 0.5) is 17.1 Å². The summed E-state index contributed by atoms with van der Waals surface area (Å²) < 4.78 is 31.9. The van der Waals surface area contributed by atoms with Gasteiger partial charge >= 0.3 is 0 Å². The zero-order valence-corrected chi connectivity index (χ0v) is 12.7. The molecule has 3 rings (SSSR count). The molecule has 0 amide bonds. The lowest BCUT2D eigenvalue weighted by Crippen LogP contribution is -1.99. The number of hydrogen-bond acceptors (Lipinski definition) is 5. The van der Waals surface area contributed by atoms with Gasteiger partial charge in [0.2, 0.25) is 0 Å². The Kier molecular flexibility index (Phi) is 3.59. The summed E-state index contributed by atoms with van der Waals surface area (Å²) in [7, 11) is -4.30. The molecule has 3 aromatic carbocycles. The van der Waals surface area contributed by atoms with E-state index in [0.717, 1.165) is 0 Å². The van der Waals surface area contributed by atoms with E-state index < -0.39 is 10.1 Å². The zero-order valence-electron chi connectivity index (χ0n) is 11.9. The van der Waals surface area contributed by atoms with Crippen LogP contribution in [0.2, 0.25) is 0 Å². The van der Waals surface area contributed by atoms with E-state index in [-0.39, 0.29) is 10.6 Å². The largest absolute Gasteiger partial charge is 0.508 e. The van der Waals surface area contributed by atoms with E-state index in [4.69, 9.17) is 5.73 Å². The highest BCUT2D eigenvalue weighted by atomic mass is 32.2. The predicted molar refractivity (Wildman–Crippen MR) is 89.6 cm³/mol. The van der Waals surface area contributed by atoms with Gasteiger partial charge in [-0.2, -0.15) is 8.42 Å². The van der Waals surface area contributed by atoms with Gasteiger partial charge < -0.3 is 16.2 Å². The van der Waals surface area contributed by atoms with Crippen molar-refractivity contribution in [3.63, 3.8) is 0 Å². The molecule has 0 aliphatic heterocycles. The number of nitrogens with one attached hydrogen (secondary N) is 1. The number of phenols is 1. The topological polar surface area (TPSA) is 113 Å². The van der Waals surface area contributed by atoms with Crippen molar-refractivity contribution >= 4 is 38.0 Å². The first-order chi connectivity index (χ1) is 10.8. The fourth-order valence-electron chi connectivity index (χ4n) is 2.32.